The standard InChI is InChI=1S/C22H38OSi2/c1-24(2,11-9-21-15-17-5-7-19(21)13-17)23-25(3,4)12-10-22-16-18-6-8-20(22)14-18/h15-20H,5-14H2,1-4H3. The molecule has 0 radical (unpaired) electrons. The van der Waals surface area contributed by atoms with Gasteiger partial charge in [-0.2, -0.15) is 0 Å². The van der Waals surface area contributed by atoms with Gasteiger partial charge in [0.05, 0.1) is 0 Å². The second kappa shape index (κ2) is 6.80. The topological polar surface area (TPSA) is 9.23 Å². The first-order valence-electron chi connectivity index (χ1n) is 10.9. The summed E-state index contributed by atoms with van der Waals surface area (Å²) in [5, 5.41) is 0. The van der Waals surface area contributed by atoms with Gasteiger partial charge in [-0.3, -0.25) is 0 Å². The molecule has 4 atom stereocenters. The maximum atomic E-state index is 6.93. The van der Waals surface area contributed by atoms with Crippen LogP contribution in [0.3, 0.4) is 0 Å². The zero-order chi connectivity index (χ0) is 17.7. The Morgan fingerprint density at radius 2 is 1.20 bits per heavy atom. The van der Waals surface area contributed by atoms with E-state index in [1.807, 2.05) is 0 Å². The largest absolute Gasteiger partial charge is 0.455 e. The summed E-state index contributed by atoms with van der Waals surface area (Å²) >= 11 is 0. The Morgan fingerprint density at radius 3 is 1.52 bits per heavy atom. The van der Waals surface area contributed by atoms with E-state index in [-0.39, 0.29) is 0 Å². The predicted octanol–water partition coefficient (Wildman–Crippen LogP) is 6.91. The third-order valence-electron chi connectivity index (χ3n) is 7.48. The van der Waals surface area contributed by atoms with Gasteiger partial charge in [0.1, 0.15) is 0 Å². The van der Waals surface area contributed by atoms with Crippen LogP contribution in [0.2, 0.25) is 38.3 Å². The Balaban J connectivity index is 1.25. The SMILES string of the molecule is C[Si](C)(CCC1=CC2CCC1C2)O[Si](C)(C)CCC1=CC2CCC1C2. The van der Waals surface area contributed by atoms with E-state index < -0.39 is 16.6 Å². The lowest BCUT2D eigenvalue weighted by Crippen LogP contribution is -2.44. The van der Waals surface area contributed by atoms with Crippen molar-refractivity contribution in [3.63, 3.8) is 0 Å². The summed E-state index contributed by atoms with van der Waals surface area (Å²) < 4.78 is 6.93. The Labute approximate surface area is 157 Å². The van der Waals surface area contributed by atoms with Gasteiger partial charge in [-0.05, 0) is 113 Å². The van der Waals surface area contributed by atoms with Crippen molar-refractivity contribution in [2.45, 2.75) is 89.6 Å². The van der Waals surface area contributed by atoms with E-state index in [2.05, 4.69) is 38.3 Å². The average Bonchev–Trinajstić information content (AvgIpc) is 3.30. The maximum Gasteiger partial charge on any atom is 0.173 e. The molecule has 0 amide bonds. The fraction of sp³-hybridized carbons (Fsp3) is 0.818. The van der Waals surface area contributed by atoms with E-state index in [9.17, 15) is 0 Å². The Morgan fingerprint density at radius 1 is 0.760 bits per heavy atom. The minimum absolute atomic E-state index is 0.937. The van der Waals surface area contributed by atoms with Crippen molar-refractivity contribution in [3.05, 3.63) is 23.3 Å². The molecule has 1 nitrogen and oxygen atoms in total. The minimum Gasteiger partial charge on any atom is -0.455 e. The molecule has 3 heteroatoms. The molecule has 0 spiro atoms. The van der Waals surface area contributed by atoms with Crippen molar-refractivity contribution in [2.24, 2.45) is 23.7 Å². The molecular formula is C22H38OSi2. The molecule has 2 fully saturated rings. The lowest BCUT2D eigenvalue weighted by molar-refractivity contribution is 0.528. The van der Waals surface area contributed by atoms with Crippen molar-refractivity contribution < 1.29 is 4.12 Å². The first-order chi connectivity index (χ1) is 11.8. The highest BCUT2D eigenvalue weighted by atomic mass is 28.4. The lowest BCUT2D eigenvalue weighted by Gasteiger charge is -2.35. The van der Waals surface area contributed by atoms with Gasteiger partial charge in [0, 0.05) is 0 Å². The second-order valence-corrected chi connectivity index (χ2v) is 19.5. The normalized spacial score (nSPS) is 33.9. The number of hydrogen-bond donors (Lipinski definition) is 0. The highest BCUT2D eigenvalue weighted by Crippen LogP contribution is 2.47. The number of allylic oxidation sites excluding steroid dienone is 4. The molecule has 4 bridgehead atoms. The molecule has 4 aliphatic carbocycles. The molecular weight excluding hydrogens is 336 g/mol. The third-order valence-corrected chi connectivity index (χ3v) is 14.8. The van der Waals surface area contributed by atoms with Crippen molar-refractivity contribution in [3.8, 4) is 0 Å². The fourth-order valence-electron chi connectivity index (χ4n) is 6.20. The van der Waals surface area contributed by atoms with Gasteiger partial charge >= 0.3 is 0 Å². The Hall–Kier alpha value is -0.126. The van der Waals surface area contributed by atoms with Gasteiger partial charge in [0.15, 0.2) is 16.6 Å². The van der Waals surface area contributed by atoms with Gasteiger partial charge in [0.2, 0.25) is 0 Å². The van der Waals surface area contributed by atoms with Crippen molar-refractivity contribution >= 4 is 16.6 Å². The van der Waals surface area contributed by atoms with Crippen LogP contribution in [0.15, 0.2) is 23.3 Å². The van der Waals surface area contributed by atoms with Gasteiger partial charge in [-0.25, -0.2) is 0 Å². The Bertz CT molecular complexity index is 525. The van der Waals surface area contributed by atoms with E-state index in [1.165, 1.54) is 63.5 Å². The fourth-order valence-corrected chi connectivity index (χ4v) is 14.8. The maximum absolute atomic E-state index is 6.93. The predicted molar refractivity (Wildman–Crippen MR) is 113 cm³/mol. The molecule has 0 aliphatic heterocycles. The summed E-state index contributed by atoms with van der Waals surface area (Å²) in [6.07, 6.45) is 16.7. The summed E-state index contributed by atoms with van der Waals surface area (Å²) in [6, 6.07) is 2.68. The molecule has 4 aliphatic rings. The summed E-state index contributed by atoms with van der Waals surface area (Å²) in [5.41, 5.74) is 3.60. The second-order valence-electron chi connectivity index (χ2n) is 10.6. The summed E-state index contributed by atoms with van der Waals surface area (Å²) in [4.78, 5) is 0. The molecule has 4 unspecified atom stereocenters. The quantitative estimate of drug-likeness (QED) is 0.331. The van der Waals surface area contributed by atoms with Gasteiger partial charge in [-0.15, -0.1) is 0 Å². The average molecular weight is 375 g/mol. The first kappa shape index (κ1) is 18.2. The summed E-state index contributed by atoms with van der Waals surface area (Å²) in [6.45, 7) is 9.91. The van der Waals surface area contributed by atoms with E-state index in [0.29, 0.717) is 0 Å². The van der Waals surface area contributed by atoms with Crippen molar-refractivity contribution in [1.29, 1.82) is 0 Å². The number of hydrogen-bond acceptors (Lipinski definition) is 1. The van der Waals surface area contributed by atoms with Crippen LogP contribution in [0.1, 0.15) is 51.4 Å². The van der Waals surface area contributed by atoms with Crippen LogP contribution in [0, 0.1) is 23.7 Å². The molecule has 0 heterocycles. The number of fused-ring (bicyclic) bond motifs is 4. The molecule has 0 saturated heterocycles. The Kier molecular flexibility index (Phi) is 4.96. The highest BCUT2D eigenvalue weighted by Gasteiger charge is 2.37. The van der Waals surface area contributed by atoms with Crippen LogP contribution in [-0.4, -0.2) is 16.6 Å². The smallest absolute Gasteiger partial charge is 0.173 e. The van der Waals surface area contributed by atoms with Crippen molar-refractivity contribution in [1.82, 2.24) is 0 Å². The molecule has 25 heavy (non-hydrogen) atoms. The minimum atomic E-state index is -1.53. The van der Waals surface area contributed by atoms with Crippen LogP contribution >= 0.6 is 0 Å². The van der Waals surface area contributed by atoms with Gasteiger partial charge < -0.3 is 4.12 Å². The molecule has 0 aromatic carbocycles. The zero-order valence-electron chi connectivity index (χ0n) is 16.9. The molecule has 0 aromatic rings. The molecule has 0 N–H and O–H groups in total. The summed E-state index contributed by atoms with van der Waals surface area (Å²) in [7, 11) is -3.05. The number of rotatable bonds is 8. The highest BCUT2D eigenvalue weighted by molar-refractivity contribution is 6.84. The molecule has 2 saturated carbocycles. The van der Waals surface area contributed by atoms with Crippen LogP contribution in [0.5, 0.6) is 0 Å². The zero-order valence-corrected chi connectivity index (χ0v) is 18.9. The van der Waals surface area contributed by atoms with E-state index in [4.69, 9.17) is 4.12 Å². The molecule has 140 valence electrons. The van der Waals surface area contributed by atoms with Crippen molar-refractivity contribution in [2.75, 3.05) is 0 Å². The van der Waals surface area contributed by atoms with E-state index >= 15 is 0 Å². The molecule has 0 aromatic heterocycles. The lowest BCUT2D eigenvalue weighted by atomic mass is 9.97. The third kappa shape index (κ3) is 4.24. The first-order valence-corrected chi connectivity index (χ1v) is 17.1. The van der Waals surface area contributed by atoms with Crippen LogP contribution in [0.25, 0.3) is 0 Å². The van der Waals surface area contributed by atoms with Crippen LogP contribution in [-0.2, 0) is 4.12 Å². The van der Waals surface area contributed by atoms with Gasteiger partial charge in [-0.1, -0.05) is 23.3 Å². The monoisotopic (exact) mass is 374 g/mol. The van der Waals surface area contributed by atoms with E-state index in [0.717, 1.165) is 23.7 Å². The van der Waals surface area contributed by atoms with Crippen LogP contribution in [0.4, 0.5) is 0 Å². The van der Waals surface area contributed by atoms with Crippen LogP contribution < -0.4 is 0 Å². The molecule has 4 rings (SSSR count). The van der Waals surface area contributed by atoms with Gasteiger partial charge in [0.25, 0.3) is 0 Å². The van der Waals surface area contributed by atoms with E-state index in [1.54, 1.807) is 11.1 Å². The summed E-state index contributed by atoms with van der Waals surface area (Å²) in [5.74, 6) is 3.77.